The fourth-order valence-electron chi connectivity index (χ4n) is 3.59. The first-order chi connectivity index (χ1) is 7.51. The number of likely N-dealkylation sites (tertiary alicyclic amines) is 1. The van der Waals surface area contributed by atoms with Gasteiger partial charge in [0.15, 0.2) is 0 Å². The van der Waals surface area contributed by atoms with Crippen molar-refractivity contribution in [3.63, 3.8) is 0 Å². The van der Waals surface area contributed by atoms with Crippen LogP contribution >= 0.6 is 12.6 Å². The largest absolute Gasteiger partial charge is 0.291 e. The SMILES string of the molecule is CC(C)CC1CCC2(CC1)CN(C(C)S)C2. The molecule has 2 aliphatic rings. The molecule has 2 fully saturated rings. The summed E-state index contributed by atoms with van der Waals surface area (Å²) < 4.78 is 0. The first-order valence-electron chi connectivity index (χ1n) is 6.93. The maximum Gasteiger partial charge on any atom is 0.0499 e. The van der Waals surface area contributed by atoms with Crippen LogP contribution in [0.15, 0.2) is 0 Å². The molecule has 1 heterocycles. The van der Waals surface area contributed by atoms with Gasteiger partial charge in [-0.25, -0.2) is 0 Å². The van der Waals surface area contributed by atoms with E-state index in [0.717, 1.165) is 11.8 Å². The Hall–Kier alpha value is 0.310. The lowest BCUT2D eigenvalue weighted by molar-refractivity contribution is -0.0428. The van der Waals surface area contributed by atoms with E-state index >= 15 is 0 Å². The molecule has 0 bridgehead atoms. The van der Waals surface area contributed by atoms with Crippen molar-refractivity contribution in [2.75, 3.05) is 13.1 Å². The third-order valence-corrected chi connectivity index (χ3v) is 4.90. The summed E-state index contributed by atoms with van der Waals surface area (Å²) in [5.41, 5.74) is 0.699. The molecule has 0 radical (unpaired) electrons. The van der Waals surface area contributed by atoms with Gasteiger partial charge in [0.1, 0.15) is 0 Å². The van der Waals surface area contributed by atoms with E-state index in [4.69, 9.17) is 0 Å². The molecule has 1 aliphatic carbocycles. The highest BCUT2D eigenvalue weighted by atomic mass is 32.1. The van der Waals surface area contributed by atoms with Gasteiger partial charge >= 0.3 is 0 Å². The lowest BCUT2D eigenvalue weighted by Crippen LogP contribution is -2.59. The van der Waals surface area contributed by atoms with Crippen molar-refractivity contribution in [3.05, 3.63) is 0 Å². The zero-order chi connectivity index (χ0) is 11.8. The smallest absolute Gasteiger partial charge is 0.0499 e. The second kappa shape index (κ2) is 4.89. The number of nitrogens with zero attached hydrogens (tertiary/aromatic N) is 1. The van der Waals surface area contributed by atoms with Gasteiger partial charge in [0.05, 0.1) is 0 Å². The number of rotatable bonds is 3. The zero-order valence-corrected chi connectivity index (χ0v) is 12.0. The van der Waals surface area contributed by atoms with E-state index in [1.807, 2.05) is 0 Å². The Morgan fingerprint density at radius 2 is 1.75 bits per heavy atom. The van der Waals surface area contributed by atoms with Crippen LogP contribution in [0.4, 0.5) is 0 Å². The number of thiol groups is 1. The van der Waals surface area contributed by atoms with E-state index in [2.05, 4.69) is 38.3 Å². The fourth-order valence-corrected chi connectivity index (χ4v) is 3.75. The van der Waals surface area contributed by atoms with Crippen LogP contribution in [0.25, 0.3) is 0 Å². The quantitative estimate of drug-likeness (QED) is 0.736. The van der Waals surface area contributed by atoms with Crippen LogP contribution in [0.1, 0.15) is 52.9 Å². The zero-order valence-electron chi connectivity index (χ0n) is 11.1. The molecule has 1 saturated carbocycles. The van der Waals surface area contributed by atoms with Crippen molar-refractivity contribution in [2.45, 2.75) is 58.2 Å². The van der Waals surface area contributed by atoms with Crippen molar-refractivity contribution in [3.8, 4) is 0 Å². The molecule has 1 unspecified atom stereocenters. The second-order valence-corrected chi connectivity index (χ2v) is 7.36. The molecule has 1 saturated heterocycles. The lowest BCUT2D eigenvalue weighted by Gasteiger charge is -2.55. The van der Waals surface area contributed by atoms with Crippen molar-refractivity contribution >= 4 is 12.6 Å². The Balaban J connectivity index is 1.74. The topological polar surface area (TPSA) is 3.24 Å². The van der Waals surface area contributed by atoms with Crippen molar-refractivity contribution in [1.29, 1.82) is 0 Å². The van der Waals surface area contributed by atoms with Gasteiger partial charge < -0.3 is 0 Å². The maximum atomic E-state index is 4.52. The van der Waals surface area contributed by atoms with Crippen molar-refractivity contribution in [1.82, 2.24) is 4.90 Å². The van der Waals surface area contributed by atoms with Gasteiger partial charge in [-0.1, -0.05) is 13.8 Å². The average Bonchev–Trinajstić information content (AvgIpc) is 2.14. The van der Waals surface area contributed by atoms with E-state index < -0.39 is 0 Å². The molecule has 94 valence electrons. The summed E-state index contributed by atoms with van der Waals surface area (Å²) >= 11 is 4.52. The average molecular weight is 241 g/mol. The molecule has 0 amide bonds. The van der Waals surface area contributed by atoms with Gasteiger partial charge in [0, 0.05) is 18.5 Å². The number of hydrogen-bond donors (Lipinski definition) is 1. The summed E-state index contributed by atoms with van der Waals surface area (Å²) in [6.07, 6.45) is 7.35. The summed E-state index contributed by atoms with van der Waals surface area (Å²) in [7, 11) is 0. The fraction of sp³-hybridized carbons (Fsp3) is 1.00. The minimum atomic E-state index is 0.457. The molecule has 1 atom stereocenters. The molecule has 2 rings (SSSR count). The van der Waals surface area contributed by atoms with Crippen LogP contribution in [0.5, 0.6) is 0 Å². The van der Waals surface area contributed by atoms with Crippen LogP contribution in [0.2, 0.25) is 0 Å². The first kappa shape index (κ1) is 12.8. The summed E-state index contributed by atoms with van der Waals surface area (Å²) in [4.78, 5) is 2.51. The molecule has 1 nitrogen and oxygen atoms in total. The summed E-state index contributed by atoms with van der Waals surface area (Å²) in [6.45, 7) is 9.54. The normalized spacial score (nSPS) is 28.3. The standard InChI is InChI=1S/C14H27NS/c1-11(2)8-13-4-6-14(7-5-13)9-15(10-14)12(3)16/h11-13,16H,4-10H2,1-3H3. The van der Waals surface area contributed by atoms with Crippen molar-refractivity contribution in [2.24, 2.45) is 17.3 Å². The summed E-state index contributed by atoms with van der Waals surface area (Å²) in [5, 5.41) is 0.457. The molecular weight excluding hydrogens is 214 g/mol. The van der Waals surface area contributed by atoms with E-state index in [1.165, 1.54) is 45.2 Å². The number of hydrogen-bond acceptors (Lipinski definition) is 2. The Labute approximate surface area is 106 Å². The Morgan fingerprint density at radius 3 is 2.19 bits per heavy atom. The highest BCUT2D eigenvalue weighted by Crippen LogP contribution is 2.47. The third kappa shape index (κ3) is 2.76. The van der Waals surface area contributed by atoms with Crippen LogP contribution in [0.3, 0.4) is 0 Å². The molecule has 0 aromatic heterocycles. The van der Waals surface area contributed by atoms with E-state index in [1.54, 1.807) is 0 Å². The summed E-state index contributed by atoms with van der Waals surface area (Å²) in [6, 6.07) is 0. The van der Waals surface area contributed by atoms with E-state index in [-0.39, 0.29) is 0 Å². The van der Waals surface area contributed by atoms with Gasteiger partial charge in [0.25, 0.3) is 0 Å². The van der Waals surface area contributed by atoms with Gasteiger partial charge in [-0.3, -0.25) is 4.90 Å². The minimum Gasteiger partial charge on any atom is -0.291 e. The van der Waals surface area contributed by atoms with Crippen LogP contribution in [0, 0.1) is 17.3 Å². The predicted octanol–water partition coefficient (Wildman–Crippen LogP) is 3.80. The molecule has 2 heteroatoms. The van der Waals surface area contributed by atoms with Crippen LogP contribution < -0.4 is 0 Å². The van der Waals surface area contributed by atoms with Gasteiger partial charge in [0.2, 0.25) is 0 Å². The monoisotopic (exact) mass is 241 g/mol. The Bertz CT molecular complexity index is 221. The van der Waals surface area contributed by atoms with Crippen LogP contribution in [-0.2, 0) is 0 Å². The third-order valence-electron chi connectivity index (χ3n) is 4.58. The Morgan fingerprint density at radius 1 is 1.19 bits per heavy atom. The Kier molecular flexibility index (Phi) is 3.90. The van der Waals surface area contributed by atoms with Gasteiger partial charge in [-0.05, 0) is 56.3 Å². The van der Waals surface area contributed by atoms with E-state index in [0.29, 0.717) is 10.8 Å². The molecule has 16 heavy (non-hydrogen) atoms. The second-order valence-electron chi connectivity index (χ2n) is 6.61. The minimum absolute atomic E-state index is 0.457. The maximum absolute atomic E-state index is 4.52. The molecule has 0 aromatic rings. The van der Waals surface area contributed by atoms with Gasteiger partial charge in [-0.15, -0.1) is 0 Å². The highest BCUT2D eigenvalue weighted by molar-refractivity contribution is 7.80. The molecule has 0 aromatic carbocycles. The first-order valence-corrected chi connectivity index (χ1v) is 7.44. The summed E-state index contributed by atoms with van der Waals surface area (Å²) in [5.74, 6) is 1.91. The van der Waals surface area contributed by atoms with Gasteiger partial charge in [-0.2, -0.15) is 12.6 Å². The van der Waals surface area contributed by atoms with E-state index in [9.17, 15) is 0 Å². The van der Waals surface area contributed by atoms with Crippen molar-refractivity contribution < 1.29 is 0 Å². The molecule has 1 spiro atoms. The molecular formula is C14H27NS. The molecule has 1 aliphatic heterocycles. The highest BCUT2D eigenvalue weighted by Gasteiger charge is 2.45. The lowest BCUT2D eigenvalue weighted by atomic mass is 9.65. The predicted molar refractivity (Wildman–Crippen MR) is 73.9 cm³/mol. The van der Waals surface area contributed by atoms with Crippen LogP contribution in [-0.4, -0.2) is 23.4 Å². The molecule has 0 N–H and O–H groups in total.